The van der Waals surface area contributed by atoms with Gasteiger partial charge in [0, 0.05) is 6.42 Å². The van der Waals surface area contributed by atoms with Gasteiger partial charge in [-0.15, -0.1) is 0 Å². The molecule has 1 aromatic carbocycles. The SMILES string of the molecule is CCC1CCC(O)(Cc2cccc(OC)c2F)C1. The highest BCUT2D eigenvalue weighted by molar-refractivity contribution is 5.32. The molecule has 1 saturated carbocycles. The Hall–Kier alpha value is -1.09. The molecule has 1 aromatic rings. The van der Waals surface area contributed by atoms with Crippen molar-refractivity contribution in [2.75, 3.05) is 7.11 Å². The van der Waals surface area contributed by atoms with Crippen LogP contribution in [0.2, 0.25) is 0 Å². The molecule has 0 saturated heterocycles. The summed E-state index contributed by atoms with van der Waals surface area (Å²) in [6.07, 6.45) is 4.05. The minimum absolute atomic E-state index is 0.251. The zero-order valence-corrected chi connectivity index (χ0v) is 11.1. The molecule has 1 aliphatic carbocycles. The van der Waals surface area contributed by atoms with Crippen LogP contribution in [-0.2, 0) is 6.42 Å². The van der Waals surface area contributed by atoms with E-state index in [4.69, 9.17) is 4.74 Å². The van der Waals surface area contributed by atoms with Gasteiger partial charge in [-0.3, -0.25) is 0 Å². The summed E-state index contributed by atoms with van der Waals surface area (Å²) in [4.78, 5) is 0. The lowest BCUT2D eigenvalue weighted by Gasteiger charge is -2.23. The van der Waals surface area contributed by atoms with Gasteiger partial charge in [-0.2, -0.15) is 0 Å². The Kier molecular flexibility index (Phi) is 3.91. The first-order chi connectivity index (χ1) is 8.58. The highest BCUT2D eigenvalue weighted by atomic mass is 19.1. The highest BCUT2D eigenvalue weighted by Gasteiger charge is 2.37. The molecule has 2 nitrogen and oxygen atoms in total. The molecule has 0 amide bonds. The van der Waals surface area contributed by atoms with Crippen LogP contribution in [0.25, 0.3) is 0 Å². The standard InChI is InChI=1S/C15H21FO2/c1-3-11-7-8-15(17,9-11)10-12-5-4-6-13(18-2)14(12)16/h4-6,11,17H,3,7-10H2,1-2H3. The number of rotatable bonds is 4. The van der Waals surface area contributed by atoms with E-state index in [1.165, 1.54) is 7.11 Å². The van der Waals surface area contributed by atoms with Crippen molar-refractivity contribution in [3.05, 3.63) is 29.6 Å². The first kappa shape index (κ1) is 13.3. The second-order valence-corrected chi connectivity index (χ2v) is 5.35. The molecule has 1 fully saturated rings. The summed E-state index contributed by atoms with van der Waals surface area (Å²) in [6.45, 7) is 2.14. The molecule has 100 valence electrons. The van der Waals surface area contributed by atoms with Crippen molar-refractivity contribution < 1.29 is 14.2 Å². The van der Waals surface area contributed by atoms with Gasteiger partial charge < -0.3 is 9.84 Å². The van der Waals surface area contributed by atoms with Crippen molar-refractivity contribution in [1.29, 1.82) is 0 Å². The van der Waals surface area contributed by atoms with Crippen molar-refractivity contribution >= 4 is 0 Å². The Labute approximate surface area is 108 Å². The van der Waals surface area contributed by atoms with E-state index in [0.29, 0.717) is 17.9 Å². The minimum atomic E-state index is -0.742. The largest absolute Gasteiger partial charge is 0.494 e. The summed E-state index contributed by atoms with van der Waals surface area (Å²) in [5.74, 6) is 0.484. The monoisotopic (exact) mass is 252 g/mol. The molecule has 0 heterocycles. The Bertz CT molecular complexity index is 419. The minimum Gasteiger partial charge on any atom is -0.494 e. The van der Waals surface area contributed by atoms with Crippen molar-refractivity contribution in [2.24, 2.45) is 5.92 Å². The molecule has 2 rings (SSSR count). The molecule has 18 heavy (non-hydrogen) atoms. The van der Waals surface area contributed by atoms with Crippen LogP contribution in [0.4, 0.5) is 4.39 Å². The van der Waals surface area contributed by atoms with E-state index < -0.39 is 5.60 Å². The molecular formula is C15H21FO2. The van der Waals surface area contributed by atoms with Crippen LogP contribution in [0.3, 0.4) is 0 Å². The summed E-state index contributed by atoms with van der Waals surface area (Å²) in [5, 5.41) is 10.5. The quantitative estimate of drug-likeness (QED) is 0.890. The van der Waals surface area contributed by atoms with Gasteiger partial charge in [0.2, 0.25) is 0 Å². The molecule has 0 aromatic heterocycles. The fourth-order valence-corrected chi connectivity index (χ4v) is 2.93. The Balaban J connectivity index is 2.14. The number of aliphatic hydroxyl groups is 1. The zero-order chi connectivity index (χ0) is 13.2. The lowest BCUT2D eigenvalue weighted by molar-refractivity contribution is 0.0427. The van der Waals surface area contributed by atoms with Gasteiger partial charge in [-0.25, -0.2) is 4.39 Å². The van der Waals surface area contributed by atoms with Gasteiger partial charge in [0.15, 0.2) is 11.6 Å². The molecule has 0 radical (unpaired) electrons. The van der Waals surface area contributed by atoms with E-state index in [1.54, 1.807) is 18.2 Å². The number of ether oxygens (including phenoxy) is 1. The van der Waals surface area contributed by atoms with Crippen molar-refractivity contribution in [3.8, 4) is 5.75 Å². The maximum Gasteiger partial charge on any atom is 0.168 e. The normalized spacial score (nSPS) is 27.4. The second-order valence-electron chi connectivity index (χ2n) is 5.35. The fraction of sp³-hybridized carbons (Fsp3) is 0.600. The second kappa shape index (κ2) is 5.27. The van der Waals surface area contributed by atoms with Crippen LogP contribution in [0.5, 0.6) is 5.75 Å². The molecule has 0 bridgehead atoms. The predicted octanol–water partition coefficient (Wildman–Crippen LogP) is 3.32. The fourth-order valence-electron chi connectivity index (χ4n) is 2.93. The van der Waals surface area contributed by atoms with E-state index in [1.807, 2.05) is 0 Å². The Morgan fingerprint density at radius 1 is 1.50 bits per heavy atom. The van der Waals surface area contributed by atoms with Crippen molar-refractivity contribution in [3.63, 3.8) is 0 Å². The van der Waals surface area contributed by atoms with Crippen LogP contribution in [0, 0.1) is 11.7 Å². The summed E-state index contributed by atoms with van der Waals surface area (Å²) in [7, 11) is 1.46. The van der Waals surface area contributed by atoms with Crippen molar-refractivity contribution in [1.82, 2.24) is 0 Å². The van der Waals surface area contributed by atoms with Gasteiger partial charge in [0.05, 0.1) is 12.7 Å². The zero-order valence-electron chi connectivity index (χ0n) is 11.1. The molecule has 1 aliphatic rings. The predicted molar refractivity (Wildman–Crippen MR) is 69.2 cm³/mol. The molecule has 0 spiro atoms. The van der Waals surface area contributed by atoms with Crippen molar-refractivity contribution in [2.45, 2.75) is 44.6 Å². The summed E-state index contributed by atoms with van der Waals surface area (Å²) >= 11 is 0. The maximum absolute atomic E-state index is 14.0. The maximum atomic E-state index is 14.0. The molecule has 2 unspecified atom stereocenters. The number of hydrogen-bond donors (Lipinski definition) is 1. The number of benzene rings is 1. The molecule has 3 heteroatoms. The topological polar surface area (TPSA) is 29.5 Å². The van der Waals surface area contributed by atoms with Crippen LogP contribution >= 0.6 is 0 Å². The van der Waals surface area contributed by atoms with E-state index in [2.05, 4.69) is 6.92 Å². The van der Waals surface area contributed by atoms with Crippen LogP contribution < -0.4 is 4.74 Å². The lowest BCUT2D eigenvalue weighted by atomic mass is 9.91. The smallest absolute Gasteiger partial charge is 0.168 e. The van der Waals surface area contributed by atoms with Gasteiger partial charge in [-0.05, 0) is 36.8 Å². The number of methoxy groups -OCH3 is 1. The Morgan fingerprint density at radius 3 is 2.89 bits per heavy atom. The average molecular weight is 252 g/mol. The molecule has 1 N–H and O–H groups in total. The molecule has 2 atom stereocenters. The summed E-state index contributed by atoms with van der Waals surface area (Å²) in [6, 6.07) is 5.11. The third-order valence-electron chi connectivity index (χ3n) is 4.05. The van der Waals surface area contributed by atoms with Gasteiger partial charge >= 0.3 is 0 Å². The van der Waals surface area contributed by atoms with Crippen LogP contribution in [-0.4, -0.2) is 17.8 Å². The third-order valence-corrected chi connectivity index (χ3v) is 4.05. The van der Waals surface area contributed by atoms with E-state index in [-0.39, 0.29) is 11.6 Å². The summed E-state index contributed by atoms with van der Waals surface area (Å²) in [5.41, 5.74) is -0.193. The van der Waals surface area contributed by atoms with Crippen LogP contribution in [0.1, 0.15) is 38.2 Å². The lowest BCUT2D eigenvalue weighted by Crippen LogP contribution is -2.28. The molecular weight excluding hydrogens is 231 g/mol. The first-order valence-electron chi connectivity index (χ1n) is 6.62. The number of halogens is 1. The first-order valence-corrected chi connectivity index (χ1v) is 6.62. The molecule has 0 aliphatic heterocycles. The van der Waals surface area contributed by atoms with E-state index in [0.717, 1.165) is 25.7 Å². The number of hydrogen-bond acceptors (Lipinski definition) is 2. The van der Waals surface area contributed by atoms with Gasteiger partial charge in [-0.1, -0.05) is 25.5 Å². The van der Waals surface area contributed by atoms with E-state index in [9.17, 15) is 9.50 Å². The Morgan fingerprint density at radius 2 is 2.28 bits per heavy atom. The third kappa shape index (κ3) is 2.66. The van der Waals surface area contributed by atoms with Gasteiger partial charge in [0.1, 0.15) is 0 Å². The van der Waals surface area contributed by atoms with E-state index >= 15 is 0 Å². The highest BCUT2D eigenvalue weighted by Crippen LogP contribution is 2.39. The summed E-state index contributed by atoms with van der Waals surface area (Å²) < 4.78 is 19.0. The average Bonchev–Trinajstić information content (AvgIpc) is 2.74. The van der Waals surface area contributed by atoms with Crippen LogP contribution in [0.15, 0.2) is 18.2 Å². The van der Waals surface area contributed by atoms with Gasteiger partial charge in [0.25, 0.3) is 0 Å².